The maximum absolute atomic E-state index is 12.7. The van der Waals surface area contributed by atoms with Gasteiger partial charge in [-0.1, -0.05) is 54.1 Å². The lowest BCUT2D eigenvalue weighted by Gasteiger charge is -2.31. The van der Waals surface area contributed by atoms with Gasteiger partial charge in [-0.15, -0.1) is 0 Å². The Bertz CT molecular complexity index is 644. The maximum Gasteiger partial charge on any atom is 0.348 e. The van der Waals surface area contributed by atoms with Gasteiger partial charge in [-0.25, -0.2) is 4.79 Å². The van der Waals surface area contributed by atoms with Crippen LogP contribution >= 0.6 is 11.6 Å². The summed E-state index contributed by atoms with van der Waals surface area (Å²) in [5.74, 6) is -0.714. The molecule has 0 saturated carbocycles. The van der Waals surface area contributed by atoms with Gasteiger partial charge in [-0.05, 0) is 44.0 Å². The first-order valence-electron chi connectivity index (χ1n) is 7.01. The average molecular weight is 319 g/mol. The van der Waals surface area contributed by atoms with Crippen LogP contribution in [0.25, 0.3) is 0 Å². The van der Waals surface area contributed by atoms with Gasteiger partial charge in [0.1, 0.15) is 5.60 Å². The van der Waals surface area contributed by atoms with Gasteiger partial charge in [0.2, 0.25) is 5.60 Å². The van der Waals surface area contributed by atoms with E-state index in [-0.39, 0.29) is 0 Å². The minimum Gasteiger partial charge on any atom is -0.457 e. The number of rotatable bonds is 3. The molecule has 0 radical (unpaired) electrons. The third kappa shape index (κ3) is 3.49. The second-order valence-electron chi connectivity index (χ2n) is 6.09. The van der Waals surface area contributed by atoms with E-state index in [1.54, 1.807) is 69.3 Å². The number of carbonyl (C=O) groups excluding carboxylic acids is 1. The Kier molecular flexibility index (Phi) is 4.59. The zero-order valence-electron chi connectivity index (χ0n) is 12.8. The third-order valence-corrected chi connectivity index (χ3v) is 3.40. The smallest absolute Gasteiger partial charge is 0.348 e. The molecule has 2 aromatic rings. The molecular weight excluding hydrogens is 300 g/mol. The predicted octanol–water partition coefficient (Wildman–Crippen LogP) is 3.92. The van der Waals surface area contributed by atoms with Crippen molar-refractivity contribution in [2.24, 2.45) is 0 Å². The molecule has 1 atom stereocenters. The summed E-state index contributed by atoms with van der Waals surface area (Å²) in [4.78, 5) is 12.7. The van der Waals surface area contributed by atoms with Gasteiger partial charge < -0.3 is 9.84 Å². The lowest BCUT2D eigenvalue weighted by Crippen LogP contribution is -2.42. The molecule has 2 rings (SSSR count). The van der Waals surface area contributed by atoms with Gasteiger partial charge in [-0.3, -0.25) is 0 Å². The van der Waals surface area contributed by atoms with Crippen molar-refractivity contribution in [1.29, 1.82) is 0 Å². The molecule has 0 saturated heterocycles. The lowest BCUT2D eigenvalue weighted by molar-refractivity contribution is -0.173. The number of hydrogen-bond acceptors (Lipinski definition) is 3. The van der Waals surface area contributed by atoms with Crippen LogP contribution in [0.2, 0.25) is 5.02 Å². The molecule has 0 aromatic heterocycles. The van der Waals surface area contributed by atoms with Crippen molar-refractivity contribution >= 4 is 17.6 Å². The summed E-state index contributed by atoms with van der Waals surface area (Å²) >= 11 is 5.90. The summed E-state index contributed by atoms with van der Waals surface area (Å²) in [5, 5.41) is 11.7. The van der Waals surface area contributed by atoms with Crippen molar-refractivity contribution in [2.45, 2.75) is 32.0 Å². The summed E-state index contributed by atoms with van der Waals surface area (Å²) in [6.07, 6.45) is 0. The fourth-order valence-corrected chi connectivity index (χ4v) is 2.25. The molecule has 0 heterocycles. The molecule has 0 aliphatic rings. The zero-order chi connectivity index (χ0) is 16.4. The van der Waals surface area contributed by atoms with Gasteiger partial charge in [0.25, 0.3) is 0 Å². The van der Waals surface area contributed by atoms with E-state index in [9.17, 15) is 9.90 Å². The fourth-order valence-electron chi connectivity index (χ4n) is 2.12. The molecule has 0 amide bonds. The molecule has 0 bridgehead atoms. The summed E-state index contributed by atoms with van der Waals surface area (Å²) in [6.45, 7) is 5.29. The minimum absolute atomic E-state index is 0.414. The first kappa shape index (κ1) is 16.5. The van der Waals surface area contributed by atoms with E-state index in [0.29, 0.717) is 16.1 Å². The number of esters is 1. The van der Waals surface area contributed by atoms with Crippen LogP contribution in [0.15, 0.2) is 54.6 Å². The number of aliphatic hydroxyl groups is 1. The van der Waals surface area contributed by atoms with Crippen LogP contribution in [-0.4, -0.2) is 16.7 Å². The molecule has 0 unspecified atom stereocenters. The van der Waals surface area contributed by atoms with E-state index >= 15 is 0 Å². The SMILES string of the molecule is CC(C)(C)OC(=O)[C@](O)(c1ccccc1)c1ccc(Cl)cc1. The molecule has 3 nitrogen and oxygen atoms in total. The number of ether oxygens (including phenoxy) is 1. The van der Waals surface area contributed by atoms with Crippen molar-refractivity contribution in [3.8, 4) is 0 Å². The highest BCUT2D eigenvalue weighted by Crippen LogP contribution is 2.33. The Labute approximate surface area is 135 Å². The van der Waals surface area contributed by atoms with Crippen LogP contribution in [-0.2, 0) is 15.1 Å². The van der Waals surface area contributed by atoms with E-state index in [1.165, 1.54) is 0 Å². The van der Waals surface area contributed by atoms with E-state index < -0.39 is 17.2 Å². The van der Waals surface area contributed by atoms with Crippen LogP contribution in [0, 0.1) is 0 Å². The van der Waals surface area contributed by atoms with Crippen LogP contribution in [0.1, 0.15) is 31.9 Å². The van der Waals surface area contributed by atoms with E-state index in [0.717, 1.165) is 0 Å². The Morgan fingerprint density at radius 3 is 1.95 bits per heavy atom. The Balaban J connectivity index is 2.54. The van der Waals surface area contributed by atoms with E-state index in [4.69, 9.17) is 16.3 Å². The molecule has 0 spiro atoms. The standard InChI is InChI=1S/C18H19ClO3/c1-17(2,3)22-16(20)18(21,13-7-5-4-6-8-13)14-9-11-15(19)12-10-14/h4-12,21H,1-3H3/t18-/m0/s1. The number of carbonyl (C=O) groups is 1. The summed E-state index contributed by atoms with van der Waals surface area (Å²) in [5.41, 5.74) is -1.71. The van der Waals surface area contributed by atoms with Crippen molar-refractivity contribution in [3.05, 3.63) is 70.7 Å². The average Bonchev–Trinajstić information content (AvgIpc) is 2.46. The molecule has 116 valence electrons. The fraction of sp³-hybridized carbons (Fsp3) is 0.278. The van der Waals surface area contributed by atoms with Crippen LogP contribution in [0.3, 0.4) is 0 Å². The second-order valence-corrected chi connectivity index (χ2v) is 6.52. The van der Waals surface area contributed by atoms with E-state index in [2.05, 4.69) is 0 Å². The monoisotopic (exact) mass is 318 g/mol. The van der Waals surface area contributed by atoms with Gasteiger partial charge in [-0.2, -0.15) is 0 Å². The number of hydrogen-bond donors (Lipinski definition) is 1. The summed E-state index contributed by atoms with van der Waals surface area (Å²) in [7, 11) is 0. The second kappa shape index (κ2) is 6.11. The van der Waals surface area contributed by atoms with Crippen molar-refractivity contribution in [1.82, 2.24) is 0 Å². The van der Waals surface area contributed by atoms with Gasteiger partial charge >= 0.3 is 5.97 Å². The third-order valence-electron chi connectivity index (χ3n) is 3.15. The molecule has 1 N–H and O–H groups in total. The Hall–Kier alpha value is -1.84. The van der Waals surface area contributed by atoms with Gasteiger partial charge in [0.05, 0.1) is 0 Å². The quantitative estimate of drug-likeness (QED) is 0.873. The van der Waals surface area contributed by atoms with Gasteiger partial charge in [0, 0.05) is 5.02 Å². The highest BCUT2D eigenvalue weighted by molar-refractivity contribution is 6.30. The van der Waals surface area contributed by atoms with Crippen molar-refractivity contribution in [2.75, 3.05) is 0 Å². The van der Waals surface area contributed by atoms with Gasteiger partial charge in [0.15, 0.2) is 0 Å². The number of benzene rings is 2. The molecule has 0 aliphatic heterocycles. The highest BCUT2D eigenvalue weighted by Gasteiger charge is 2.43. The lowest BCUT2D eigenvalue weighted by atomic mass is 9.86. The Morgan fingerprint density at radius 1 is 0.955 bits per heavy atom. The van der Waals surface area contributed by atoms with Crippen molar-refractivity contribution < 1.29 is 14.6 Å². The topological polar surface area (TPSA) is 46.5 Å². The molecule has 4 heteroatoms. The molecule has 2 aromatic carbocycles. The molecule has 22 heavy (non-hydrogen) atoms. The Morgan fingerprint density at radius 2 is 1.45 bits per heavy atom. The van der Waals surface area contributed by atoms with E-state index in [1.807, 2.05) is 6.07 Å². The van der Waals surface area contributed by atoms with Crippen molar-refractivity contribution in [3.63, 3.8) is 0 Å². The normalized spacial score (nSPS) is 14.2. The summed E-state index contributed by atoms with van der Waals surface area (Å²) < 4.78 is 5.42. The maximum atomic E-state index is 12.7. The largest absolute Gasteiger partial charge is 0.457 e. The minimum atomic E-state index is -1.88. The highest BCUT2D eigenvalue weighted by atomic mass is 35.5. The van der Waals surface area contributed by atoms with Crippen LogP contribution in [0.4, 0.5) is 0 Å². The zero-order valence-corrected chi connectivity index (χ0v) is 13.6. The molecule has 0 aliphatic carbocycles. The van der Waals surface area contributed by atoms with Crippen LogP contribution in [0.5, 0.6) is 0 Å². The summed E-state index contributed by atoms with van der Waals surface area (Å²) in [6, 6.07) is 15.3. The molecular formula is C18H19ClO3. The van der Waals surface area contributed by atoms with Crippen LogP contribution < -0.4 is 0 Å². The first-order valence-corrected chi connectivity index (χ1v) is 7.38. The first-order chi connectivity index (χ1) is 10.2. The number of halogens is 1. The predicted molar refractivity (Wildman–Crippen MR) is 86.7 cm³/mol. The molecule has 0 fully saturated rings.